The SMILES string of the molecule is COCCNCc1ccc(S(=O)(=O)NC2CCOC2C)o1. The molecule has 0 aliphatic carbocycles. The van der Waals surface area contributed by atoms with E-state index >= 15 is 0 Å². The van der Waals surface area contributed by atoms with Gasteiger partial charge in [0.25, 0.3) is 10.0 Å². The predicted octanol–water partition coefficient (Wildman–Crippen LogP) is 0.471. The molecule has 0 radical (unpaired) electrons. The van der Waals surface area contributed by atoms with Gasteiger partial charge in [-0.25, -0.2) is 13.1 Å². The number of ether oxygens (including phenoxy) is 2. The Balaban J connectivity index is 1.92. The highest BCUT2D eigenvalue weighted by atomic mass is 32.2. The lowest BCUT2D eigenvalue weighted by atomic mass is 10.2. The molecule has 1 aromatic heterocycles. The first-order valence-corrected chi connectivity index (χ1v) is 8.43. The third-order valence-corrected chi connectivity index (χ3v) is 4.73. The van der Waals surface area contributed by atoms with Crippen LogP contribution in [0, 0.1) is 0 Å². The zero-order valence-electron chi connectivity index (χ0n) is 12.3. The van der Waals surface area contributed by atoms with Gasteiger partial charge in [-0.15, -0.1) is 0 Å². The lowest BCUT2D eigenvalue weighted by molar-refractivity contribution is 0.116. The summed E-state index contributed by atoms with van der Waals surface area (Å²) in [6, 6.07) is 2.92. The number of nitrogens with one attached hydrogen (secondary N) is 2. The zero-order chi connectivity index (χ0) is 15.3. The Morgan fingerprint density at radius 1 is 1.43 bits per heavy atom. The van der Waals surface area contributed by atoms with E-state index in [1.165, 1.54) is 6.07 Å². The molecule has 1 fully saturated rings. The molecule has 1 aliphatic rings. The largest absolute Gasteiger partial charge is 0.447 e. The number of rotatable bonds is 8. The van der Waals surface area contributed by atoms with E-state index < -0.39 is 10.0 Å². The number of furan rings is 1. The van der Waals surface area contributed by atoms with Crippen LogP contribution in [0.4, 0.5) is 0 Å². The lowest BCUT2D eigenvalue weighted by Crippen LogP contribution is -2.38. The Labute approximate surface area is 125 Å². The van der Waals surface area contributed by atoms with Crippen LogP contribution in [-0.2, 0) is 26.0 Å². The van der Waals surface area contributed by atoms with Crippen molar-refractivity contribution in [3.63, 3.8) is 0 Å². The van der Waals surface area contributed by atoms with Crippen LogP contribution in [0.2, 0.25) is 0 Å². The summed E-state index contributed by atoms with van der Waals surface area (Å²) in [6.07, 6.45) is 0.553. The number of methoxy groups -OCH3 is 1. The molecule has 0 spiro atoms. The molecule has 2 atom stereocenters. The van der Waals surface area contributed by atoms with Gasteiger partial charge in [0.05, 0.1) is 25.3 Å². The van der Waals surface area contributed by atoms with Crippen molar-refractivity contribution >= 4 is 10.0 Å². The summed E-state index contributed by atoms with van der Waals surface area (Å²) < 4.78 is 42.7. The Morgan fingerprint density at radius 2 is 2.24 bits per heavy atom. The molecule has 2 unspecified atom stereocenters. The van der Waals surface area contributed by atoms with Crippen molar-refractivity contribution in [2.75, 3.05) is 26.9 Å². The average molecular weight is 318 g/mol. The third kappa shape index (κ3) is 4.52. The summed E-state index contributed by atoms with van der Waals surface area (Å²) in [5.74, 6) is 0.571. The minimum atomic E-state index is -3.64. The van der Waals surface area contributed by atoms with Crippen LogP contribution < -0.4 is 10.0 Å². The predicted molar refractivity (Wildman–Crippen MR) is 76.4 cm³/mol. The first-order valence-electron chi connectivity index (χ1n) is 6.95. The molecule has 2 heterocycles. The molecule has 8 heteroatoms. The fourth-order valence-corrected chi connectivity index (χ4v) is 3.42. The quantitative estimate of drug-likeness (QED) is 0.677. The topological polar surface area (TPSA) is 89.8 Å². The number of sulfonamides is 1. The minimum absolute atomic E-state index is 0.0647. The molecular weight excluding hydrogens is 296 g/mol. The molecule has 0 saturated carbocycles. The van der Waals surface area contributed by atoms with E-state index in [9.17, 15) is 8.42 Å². The third-order valence-electron chi connectivity index (χ3n) is 3.37. The second-order valence-corrected chi connectivity index (χ2v) is 6.63. The van der Waals surface area contributed by atoms with Crippen LogP contribution in [0.5, 0.6) is 0 Å². The second-order valence-electron chi connectivity index (χ2n) is 4.98. The van der Waals surface area contributed by atoms with Gasteiger partial charge in [0, 0.05) is 20.3 Å². The summed E-state index contributed by atoms with van der Waals surface area (Å²) in [5.41, 5.74) is 0. The first-order chi connectivity index (χ1) is 10.0. The van der Waals surface area contributed by atoms with Gasteiger partial charge in [-0.05, 0) is 25.5 Å². The van der Waals surface area contributed by atoms with Crippen molar-refractivity contribution in [2.24, 2.45) is 0 Å². The maximum atomic E-state index is 12.2. The molecule has 1 saturated heterocycles. The van der Waals surface area contributed by atoms with E-state index in [0.717, 1.165) is 0 Å². The van der Waals surface area contributed by atoms with E-state index in [1.54, 1.807) is 13.2 Å². The van der Waals surface area contributed by atoms with Crippen molar-refractivity contribution < 1.29 is 22.3 Å². The van der Waals surface area contributed by atoms with Gasteiger partial charge in [0.1, 0.15) is 5.76 Å². The highest BCUT2D eigenvalue weighted by Gasteiger charge is 2.30. The van der Waals surface area contributed by atoms with Gasteiger partial charge < -0.3 is 19.2 Å². The fourth-order valence-electron chi connectivity index (χ4n) is 2.13. The molecule has 0 bridgehead atoms. The standard InChI is InChI=1S/C13H22N2O5S/c1-10-12(5-7-19-10)15-21(16,17)13-4-3-11(20-13)9-14-6-8-18-2/h3-4,10,12,14-15H,5-9H2,1-2H3. The van der Waals surface area contributed by atoms with Crippen LogP contribution in [0.25, 0.3) is 0 Å². The van der Waals surface area contributed by atoms with Crippen molar-refractivity contribution in [1.29, 1.82) is 0 Å². The summed E-state index contributed by atoms with van der Waals surface area (Å²) in [5, 5.41) is 3.03. The van der Waals surface area contributed by atoms with Gasteiger partial charge in [-0.2, -0.15) is 0 Å². The molecule has 2 rings (SSSR count). The molecule has 1 aliphatic heterocycles. The van der Waals surface area contributed by atoms with E-state index in [2.05, 4.69) is 10.0 Å². The summed E-state index contributed by atoms with van der Waals surface area (Å²) in [6.45, 7) is 4.15. The van der Waals surface area contributed by atoms with Gasteiger partial charge in [-0.1, -0.05) is 0 Å². The molecule has 0 aromatic carbocycles. The van der Waals surface area contributed by atoms with Gasteiger partial charge in [-0.3, -0.25) is 0 Å². The number of hydrogen-bond acceptors (Lipinski definition) is 6. The maximum absolute atomic E-state index is 12.2. The van der Waals surface area contributed by atoms with E-state index in [0.29, 0.717) is 38.5 Å². The summed E-state index contributed by atoms with van der Waals surface area (Å²) in [4.78, 5) is 0. The van der Waals surface area contributed by atoms with Crippen LogP contribution in [0.15, 0.2) is 21.6 Å². The maximum Gasteiger partial charge on any atom is 0.274 e. The van der Waals surface area contributed by atoms with Crippen LogP contribution in [0.3, 0.4) is 0 Å². The molecular formula is C13H22N2O5S. The van der Waals surface area contributed by atoms with Crippen molar-refractivity contribution in [3.8, 4) is 0 Å². The van der Waals surface area contributed by atoms with E-state index in [1.807, 2.05) is 6.92 Å². The normalized spacial score (nSPS) is 22.8. The molecule has 2 N–H and O–H groups in total. The highest BCUT2D eigenvalue weighted by Crippen LogP contribution is 2.18. The van der Waals surface area contributed by atoms with Crippen LogP contribution in [0.1, 0.15) is 19.1 Å². The van der Waals surface area contributed by atoms with Crippen molar-refractivity contribution in [1.82, 2.24) is 10.0 Å². The van der Waals surface area contributed by atoms with Crippen LogP contribution in [-0.4, -0.2) is 47.4 Å². The smallest absolute Gasteiger partial charge is 0.274 e. The lowest BCUT2D eigenvalue weighted by Gasteiger charge is -2.14. The van der Waals surface area contributed by atoms with E-state index in [-0.39, 0.29) is 17.2 Å². The Bertz CT molecular complexity index is 543. The molecule has 0 amide bonds. The monoisotopic (exact) mass is 318 g/mol. The summed E-state index contributed by atoms with van der Waals surface area (Å²) in [7, 11) is -2.02. The zero-order valence-corrected chi connectivity index (χ0v) is 13.1. The summed E-state index contributed by atoms with van der Waals surface area (Å²) >= 11 is 0. The Hall–Kier alpha value is -0.930. The fraction of sp³-hybridized carbons (Fsp3) is 0.692. The van der Waals surface area contributed by atoms with Crippen LogP contribution >= 0.6 is 0 Å². The molecule has 21 heavy (non-hydrogen) atoms. The molecule has 120 valence electrons. The van der Waals surface area contributed by atoms with Gasteiger partial charge in [0.15, 0.2) is 0 Å². The van der Waals surface area contributed by atoms with Crippen molar-refractivity contribution in [2.45, 2.75) is 37.1 Å². The van der Waals surface area contributed by atoms with Gasteiger partial charge in [0.2, 0.25) is 5.09 Å². The highest BCUT2D eigenvalue weighted by molar-refractivity contribution is 7.89. The first kappa shape index (κ1) is 16.4. The van der Waals surface area contributed by atoms with E-state index in [4.69, 9.17) is 13.9 Å². The average Bonchev–Trinajstić information content (AvgIpc) is 3.05. The molecule has 1 aromatic rings. The minimum Gasteiger partial charge on any atom is -0.447 e. The second kappa shape index (κ2) is 7.37. The van der Waals surface area contributed by atoms with Crippen molar-refractivity contribution in [3.05, 3.63) is 17.9 Å². The molecule has 7 nitrogen and oxygen atoms in total. The Kier molecular flexibility index (Phi) is 5.77. The number of hydrogen-bond donors (Lipinski definition) is 2. The van der Waals surface area contributed by atoms with Gasteiger partial charge >= 0.3 is 0 Å². The Morgan fingerprint density at radius 3 is 2.90 bits per heavy atom.